The molecule has 1 aliphatic rings. The van der Waals surface area contributed by atoms with Gasteiger partial charge in [0.05, 0.1) is 23.0 Å². The molecular formula is C26H26N4O4S. The molecule has 0 aliphatic carbocycles. The lowest BCUT2D eigenvalue weighted by atomic mass is 9.96. The number of anilines is 1. The fourth-order valence-corrected chi connectivity index (χ4v) is 5.51. The molecule has 1 aliphatic heterocycles. The highest BCUT2D eigenvalue weighted by atomic mass is 32.2. The maximum Gasteiger partial charge on any atom is 0.261 e. The van der Waals surface area contributed by atoms with Gasteiger partial charge in [0.2, 0.25) is 0 Å². The van der Waals surface area contributed by atoms with Crippen LogP contribution in [-0.2, 0) is 10.0 Å². The Morgan fingerprint density at radius 1 is 1.09 bits per heavy atom. The molecule has 1 amide bonds. The quantitative estimate of drug-likeness (QED) is 0.417. The number of methoxy groups -OCH3 is 1. The van der Waals surface area contributed by atoms with Gasteiger partial charge in [-0.3, -0.25) is 9.52 Å². The van der Waals surface area contributed by atoms with Crippen molar-refractivity contribution in [3.63, 3.8) is 0 Å². The zero-order valence-corrected chi connectivity index (χ0v) is 20.1. The number of amides is 1. The molecule has 1 saturated heterocycles. The molecule has 1 fully saturated rings. The highest BCUT2D eigenvalue weighted by Crippen LogP contribution is 2.28. The molecule has 0 saturated carbocycles. The summed E-state index contributed by atoms with van der Waals surface area (Å²) >= 11 is 0. The summed E-state index contributed by atoms with van der Waals surface area (Å²) in [6.07, 6.45) is 1.79. The molecule has 1 unspecified atom stereocenters. The summed E-state index contributed by atoms with van der Waals surface area (Å²) in [5.74, 6) is 1.42. The minimum Gasteiger partial charge on any atom is -0.497 e. The molecule has 1 aromatic heterocycles. The van der Waals surface area contributed by atoms with Crippen molar-refractivity contribution in [2.45, 2.75) is 23.7 Å². The number of ether oxygens (including phenoxy) is 1. The van der Waals surface area contributed by atoms with Crippen molar-refractivity contribution in [2.24, 2.45) is 0 Å². The number of carbonyl (C=O) groups excluding carboxylic acids is 1. The van der Waals surface area contributed by atoms with Gasteiger partial charge in [0.1, 0.15) is 11.6 Å². The van der Waals surface area contributed by atoms with E-state index in [-0.39, 0.29) is 16.7 Å². The SMILES string of the molecule is COc1ccc(NS(=O)(=O)c2cccc(C(=O)N3CCCC(c4nc5ccccc5[nH]4)C3)c2)cc1. The van der Waals surface area contributed by atoms with Gasteiger partial charge >= 0.3 is 0 Å². The van der Waals surface area contributed by atoms with Crippen molar-refractivity contribution in [3.05, 3.63) is 84.2 Å². The molecule has 0 spiro atoms. The number of hydrogen-bond acceptors (Lipinski definition) is 5. The van der Waals surface area contributed by atoms with Gasteiger partial charge < -0.3 is 14.6 Å². The van der Waals surface area contributed by atoms with E-state index in [1.54, 1.807) is 48.4 Å². The number of H-pyrrole nitrogens is 1. The van der Waals surface area contributed by atoms with Crippen LogP contribution >= 0.6 is 0 Å². The molecule has 2 N–H and O–H groups in total. The Bertz CT molecular complexity index is 1430. The molecule has 0 bridgehead atoms. The second-order valence-electron chi connectivity index (χ2n) is 8.59. The maximum absolute atomic E-state index is 13.3. The number of hydrogen-bond donors (Lipinski definition) is 2. The van der Waals surface area contributed by atoms with Crippen molar-refractivity contribution in [3.8, 4) is 5.75 Å². The highest BCUT2D eigenvalue weighted by Gasteiger charge is 2.28. The first-order chi connectivity index (χ1) is 16.9. The van der Waals surface area contributed by atoms with Crippen LogP contribution < -0.4 is 9.46 Å². The van der Waals surface area contributed by atoms with Crippen LogP contribution in [0.25, 0.3) is 11.0 Å². The predicted octanol–water partition coefficient (Wildman–Crippen LogP) is 4.39. The zero-order chi connectivity index (χ0) is 24.4. The van der Waals surface area contributed by atoms with Crippen LogP contribution in [0.3, 0.4) is 0 Å². The lowest BCUT2D eigenvalue weighted by Gasteiger charge is -2.32. The number of aromatic amines is 1. The Hall–Kier alpha value is -3.85. The Labute approximate surface area is 204 Å². The molecule has 35 heavy (non-hydrogen) atoms. The van der Waals surface area contributed by atoms with Gasteiger partial charge in [0.15, 0.2) is 0 Å². The van der Waals surface area contributed by atoms with Gasteiger partial charge in [-0.05, 0) is 67.4 Å². The number of aromatic nitrogens is 2. The first-order valence-corrected chi connectivity index (χ1v) is 12.9. The number of likely N-dealkylation sites (tertiary alicyclic amines) is 1. The lowest BCUT2D eigenvalue weighted by Crippen LogP contribution is -2.39. The smallest absolute Gasteiger partial charge is 0.261 e. The van der Waals surface area contributed by atoms with Crippen molar-refractivity contribution in [1.82, 2.24) is 14.9 Å². The van der Waals surface area contributed by atoms with Crippen LogP contribution in [0, 0.1) is 0 Å². The number of piperidine rings is 1. The number of para-hydroxylation sites is 2. The van der Waals surface area contributed by atoms with Crippen LogP contribution in [0.1, 0.15) is 34.9 Å². The van der Waals surface area contributed by atoms with Gasteiger partial charge in [-0.15, -0.1) is 0 Å². The van der Waals surface area contributed by atoms with Crippen molar-refractivity contribution < 1.29 is 17.9 Å². The second-order valence-corrected chi connectivity index (χ2v) is 10.3. The molecule has 8 nitrogen and oxygen atoms in total. The second kappa shape index (κ2) is 9.42. The summed E-state index contributed by atoms with van der Waals surface area (Å²) in [7, 11) is -2.32. The van der Waals surface area contributed by atoms with E-state index in [0.717, 1.165) is 29.7 Å². The first-order valence-electron chi connectivity index (χ1n) is 11.4. The zero-order valence-electron chi connectivity index (χ0n) is 19.3. The summed E-state index contributed by atoms with van der Waals surface area (Å²) in [6.45, 7) is 1.15. The van der Waals surface area contributed by atoms with Gasteiger partial charge in [-0.2, -0.15) is 0 Å². The summed E-state index contributed by atoms with van der Waals surface area (Å²) < 4.78 is 33.6. The molecule has 0 radical (unpaired) electrons. The van der Waals surface area contributed by atoms with Gasteiger partial charge in [0, 0.05) is 30.3 Å². The first kappa shape index (κ1) is 22.9. The minimum absolute atomic E-state index is 0.0324. The van der Waals surface area contributed by atoms with E-state index in [4.69, 9.17) is 9.72 Å². The van der Waals surface area contributed by atoms with E-state index in [1.165, 1.54) is 12.1 Å². The summed E-state index contributed by atoms with van der Waals surface area (Å²) in [5.41, 5.74) is 2.64. The Morgan fingerprint density at radius 3 is 2.66 bits per heavy atom. The van der Waals surface area contributed by atoms with Crippen LogP contribution in [0.2, 0.25) is 0 Å². The monoisotopic (exact) mass is 490 g/mol. The number of rotatable bonds is 6. The van der Waals surface area contributed by atoms with Crippen LogP contribution in [-0.4, -0.2) is 49.4 Å². The number of nitrogens with one attached hydrogen (secondary N) is 2. The van der Waals surface area contributed by atoms with Crippen LogP contribution in [0.4, 0.5) is 5.69 Å². The van der Waals surface area contributed by atoms with Gasteiger partial charge in [-0.25, -0.2) is 13.4 Å². The van der Waals surface area contributed by atoms with E-state index in [2.05, 4.69) is 9.71 Å². The fourth-order valence-electron chi connectivity index (χ4n) is 4.40. The van der Waals surface area contributed by atoms with Gasteiger partial charge in [0.25, 0.3) is 15.9 Å². The molecular weight excluding hydrogens is 464 g/mol. The van der Waals surface area contributed by atoms with Crippen molar-refractivity contribution in [2.75, 3.05) is 24.9 Å². The minimum atomic E-state index is -3.86. The normalized spacial score (nSPS) is 16.3. The van der Waals surface area contributed by atoms with E-state index in [0.29, 0.717) is 30.1 Å². The topological polar surface area (TPSA) is 104 Å². The van der Waals surface area contributed by atoms with Crippen LogP contribution in [0.15, 0.2) is 77.7 Å². The standard InChI is InChI=1S/C26H26N4O4S/c1-34-21-13-11-20(12-14-21)29-35(32,33)22-8-4-6-18(16-22)26(31)30-15-5-7-19(17-30)25-27-23-9-2-3-10-24(23)28-25/h2-4,6,8-14,16,19,29H,5,7,15,17H2,1H3,(H,27,28). The Kier molecular flexibility index (Phi) is 6.17. The average molecular weight is 491 g/mol. The average Bonchev–Trinajstić information content (AvgIpc) is 3.33. The largest absolute Gasteiger partial charge is 0.497 e. The number of imidazole rings is 1. The predicted molar refractivity (Wildman–Crippen MR) is 134 cm³/mol. The molecule has 1 atom stereocenters. The lowest BCUT2D eigenvalue weighted by molar-refractivity contribution is 0.0704. The Morgan fingerprint density at radius 2 is 1.89 bits per heavy atom. The molecule has 5 rings (SSSR count). The molecule has 9 heteroatoms. The molecule has 2 heterocycles. The summed E-state index contributed by atoms with van der Waals surface area (Å²) in [4.78, 5) is 23.2. The highest BCUT2D eigenvalue weighted by molar-refractivity contribution is 7.92. The summed E-state index contributed by atoms with van der Waals surface area (Å²) in [5, 5.41) is 0. The number of fused-ring (bicyclic) bond motifs is 1. The number of carbonyl (C=O) groups is 1. The third kappa shape index (κ3) is 4.85. The fraction of sp³-hybridized carbons (Fsp3) is 0.231. The number of benzene rings is 3. The Balaban J connectivity index is 1.33. The van der Waals surface area contributed by atoms with E-state index in [1.807, 2.05) is 24.3 Å². The third-order valence-electron chi connectivity index (χ3n) is 6.24. The molecule has 180 valence electrons. The number of nitrogens with zero attached hydrogens (tertiary/aromatic N) is 2. The van der Waals surface area contributed by atoms with Gasteiger partial charge in [-0.1, -0.05) is 18.2 Å². The van der Waals surface area contributed by atoms with Crippen LogP contribution in [0.5, 0.6) is 5.75 Å². The van der Waals surface area contributed by atoms with E-state index in [9.17, 15) is 13.2 Å². The van der Waals surface area contributed by atoms with Crippen molar-refractivity contribution >= 4 is 32.7 Å². The maximum atomic E-state index is 13.3. The molecule has 4 aromatic rings. The summed E-state index contributed by atoms with van der Waals surface area (Å²) in [6, 6.07) is 20.6. The third-order valence-corrected chi connectivity index (χ3v) is 7.62. The van der Waals surface area contributed by atoms with E-state index < -0.39 is 10.0 Å². The van der Waals surface area contributed by atoms with Crippen molar-refractivity contribution in [1.29, 1.82) is 0 Å². The number of sulfonamides is 1. The van der Waals surface area contributed by atoms with E-state index >= 15 is 0 Å². The molecule has 3 aromatic carbocycles.